The van der Waals surface area contributed by atoms with E-state index in [9.17, 15) is 0 Å². The highest BCUT2D eigenvalue weighted by Gasteiger charge is 2.19. The maximum atomic E-state index is 2.40. The van der Waals surface area contributed by atoms with Crippen molar-refractivity contribution in [3.8, 4) is 0 Å². The molecule has 2 aromatic rings. The Hall–Kier alpha value is -1.06. The maximum Gasteiger partial charge on any atom is 0.0758 e. The van der Waals surface area contributed by atoms with Crippen LogP contribution in [0.15, 0.2) is 36.4 Å². The number of anilines is 1. The van der Waals surface area contributed by atoms with Crippen LogP contribution in [-0.4, -0.2) is 13.1 Å². The Morgan fingerprint density at radius 2 is 1.38 bits per heavy atom. The molecular formula is C21H27NS2. The molecule has 2 aromatic carbocycles. The molecule has 1 heterocycles. The lowest BCUT2D eigenvalue weighted by molar-refractivity contribution is 0.866. The number of fused-ring (bicyclic) bond motifs is 1. The predicted molar refractivity (Wildman–Crippen MR) is 111 cm³/mol. The Labute approximate surface area is 155 Å². The topological polar surface area (TPSA) is 3.24 Å². The molecule has 0 N–H and O–H groups in total. The molecule has 3 rings (SSSR count). The zero-order chi connectivity index (χ0) is 17.1. The van der Waals surface area contributed by atoms with Gasteiger partial charge in [-0.2, -0.15) is 0 Å². The van der Waals surface area contributed by atoms with Crippen molar-refractivity contribution in [1.82, 2.24) is 0 Å². The van der Waals surface area contributed by atoms with Crippen molar-refractivity contribution in [3.05, 3.63) is 64.2 Å². The summed E-state index contributed by atoms with van der Waals surface area (Å²) in [6.07, 6.45) is 0. The molecule has 0 fully saturated rings. The van der Waals surface area contributed by atoms with Crippen LogP contribution in [0.25, 0.3) is 0 Å². The molecule has 0 aliphatic carbocycles. The van der Waals surface area contributed by atoms with Gasteiger partial charge in [0.05, 0.1) is 4.58 Å². The first-order valence-corrected chi connectivity index (χ1v) is 10.9. The molecule has 0 aromatic heterocycles. The highest BCUT2D eigenvalue weighted by molar-refractivity contribution is 8.15. The van der Waals surface area contributed by atoms with Crippen LogP contribution in [0.3, 0.4) is 0 Å². The zero-order valence-corrected chi connectivity index (χ0v) is 16.8. The van der Waals surface area contributed by atoms with Crippen molar-refractivity contribution in [2.45, 2.75) is 43.8 Å². The molecule has 0 spiro atoms. The van der Waals surface area contributed by atoms with Crippen LogP contribution in [0.4, 0.5) is 5.69 Å². The van der Waals surface area contributed by atoms with Crippen LogP contribution in [0.5, 0.6) is 0 Å². The summed E-state index contributed by atoms with van der Waals surface area (Å²) in [5, 5.41) is 0. The quantitative estimate of drug-likeness (QED) is 0.629. The Morgan fingerprint density at radius 3 is 1.83 bits per heavy atom. The number of rotatable bonds is 4. The molecule has 0 bridgehead atoms. The average Bonchev–Trinajstić information content (AvgIpc) is 2.80. The second kappa shape index (κ2) is 7.88. The van der Waals surface area contributed by atoms with Gasteiger partial charge in [-0.05, 0) is 67.6 Å². The molecule has 128 valence electrons. The van der Waals surface area contributed by atoms with Gasteiger partial charge in [-0.1, -0.05) is 24.3 Å². The van der Waals surface area contributed by atoms with Crippen LogP contribution in [0.1, 0.15) is 46.2 Å². The van der Waals surface area contributed by atoms with Crippen molar-refractivity contribution in [3.63, 3.8) is 0 Å². The summed E-state index contributed by atoms with van der Waals surface area (Å²) < 4.78 is 0.531. The molecule has 0 radical (unpaired) electrons. The minimum Gasteiger partial charge on any atom is -0.372 e. The van der Waals surface area contributed by atoms with Crippen LogP contribution < -0.4 is 4.90 Å². The van der Waals surface area contributed by atoms with E-state index in [1.165, 1.54) is 33.5 Å². The standard InChI is InChI=1S/C21H27NS2/c1-5-22(6-2)20-9-7-17(8-10-20)21-23-13-18-11-15(3)16(4)12-19(18)14-24-21/h7-12,21H,5-6,13-14H2,1-4H3. The smallest absolute Gasteiger partial charge is 0.0758 e. The summed E-state index contributed by atoms with van der Waals surface area (Å²) in [4.78, 5) is 2.40. The van der Waals surface area contributed by atoms with Crippen LogP contribution >= 0.6 is 23.5 Å². The van der Waals surface area contributed by atoms with Gasteiger partial charge >= 0.3 is 0 Å². The summed E-state index contributed by atoms with van der Waals surface area (Å²) >= 11 is 4.14. The van der Waals surface area contributed by atoms with Gasteiger partial charge in [-0.25, -0.2) is 0 Å². The SMILES string of the molecule is CCN(CC)c1ccc(C2SCc3cc(C)c(C)cc3CS2)cc1. The third-order valence-electron chi connectivity index (χ3n) is 4.89. The maximum absolute atomic E-state index is 2.40. The summed E-state index contributed by atoms with van der Waals surface area (Å²) in [7, 11) is 0. The van der Waals surface area contributed by atoms with E-state index in [2.05, 4.69) is 92.5 Å². The zero-order valence-electron chi connectivity index (χ0n) is 15.1. The molecule has 1 aliphatic heterocycles. The van der Waals surface area contributed by atoms with Crippen LogP contribution in [0.2, 0.25) is 0 Å². The highest BCUT2D eigenvalue weighted by atomic mass is 32.2. The molecular weight excluding hydrogens is 330 g/mol. The number of benzene rings is 2. The van der Waals surface area contributed by atoms with Crippen molar-refractivity contribution in [1.29, 1.82) is 0 Å². The Morgan fingerprint density at radius 1 is 0.875 bits per heavy atom. The van der Waals surface area contributed by atoms with Crippen molar-refractivity contribution in [2.24, 2.45) is 0 Å². The predicted octanol–water partition coefficient (Wildman–Crippen LogP) is 6.33. The number of hydrogen-bond donors (Lipinski definition) is 0. The molecule has 0 saturated heterocycles. The first kappa shape index (κ1) is 17.8. The monoisotopic (exact) mass is 357 g/mol. The molecule has 3 heteroatoms. The lowest BCUT2D eigenvalue weighted by Gasteiger charge is -2.22. The minimum absolute atomic E-state index is 0.531. The van der Waals surface area contributed by atoms with Gasteiger partial charge in [0.2, 0.25) is 0 Å². The summed E-state index contributed by atoms with van der Waals surface area (Å²) in [5.74, 6) is 2.23. The fourth-order valence-corrected chi connectivity index (χ4v) is 5.90. The van der Waals surface area contributed by atoms with Crippen molar-refractivity contribution in [2.75, 3.05) is 18.0 Å². The lowest BCUT2D eigenvalue weighted by atomic mass is 10.0. The molecule has 1 nitrogen and oxygen atoms in total. The Kier molecular flexibility index (Phi) is 5.83. The van der Waals surface area contributed by atoms with E-state index in [1.807, 2.05) is 0 Å². The fourth-order valence-electron chi connectivity index (χ4n) is 3.21. The molecule has 24 heavy (non-hydrogen) atoms. The summed E-state index contributed by atoms with van der Waals surface area (Å²) in [6, 6.07) is 14.0. The van der Waals surface area contributed by atoms with E-state index in [0.29, 0.717) is 4.58 Å². The van der Waals surface area contributed by atoms with E-state index in [4.69, 9.17) is 0 Å². The number of hydrogen-bond acceptors (Lipinski definition) is 3. The number of nitrogens with zero attached hydrogens (tertiary/aromatic N) is 1. The number of aryl methyl sites for hydroxylation is 2. The normalized spacial score (nSPS) is 15.0. The van der Waals surface area contributed by atoms with E-state index < -0.39 is 0 Å². The molecule has 0 saturated carbocycles. The molecule has 0 atom stereocenters. The van der Waals surface area contributed by atoms with Gasteiger partial charge in [0, 0.05) is 30.3 Å². The molecule has 0 amide bonds. The van der Waals surface area contributed by atoms with Crippen molar-refractivity contribution >= 4 is 29.2 Å². The van der Waals surface area contributed by atoms with Crippen LogP contribution in [0, 0.1) is 13.8 Å². The third-order valence-corrected chi connectivity index (χ3v) is 7.81. The van der Waals surface area contributed by atoms with E-state index in [-0.39, 0.29) is 0 Å². The minimum atomic E-state index is 0.531. The highest BCUT2D eigenvalue weighted by Crippen LogP contribution is 2.46. The van der Waals surface area contributed by atoms with Gasteiger partial charge in [0.1, 0.15) is 0 Å². The van der Waals surface area contributed by atoms with E-state index in [0.717, 1.165) is 24.6 Å². The van der Waals surface area contributed by atoms with Gasteiger partial charge in [-0.15, -0.1) is 23.5 Å². The summed E-state index contributed by atoms with van der Waals surface area (Å²) in [5.41, 5.74) is 8.67. The van der Waals surface area contributed by atoms with Gasteiger partial charge < -0.3 is 4.90 Å². The summed E-state index contributed by atoms with van der Waals surface area (Å²) in [6.45, 7) is 11.0. The van der Waals surface area contributed by atoms with E-state index in [1.54, 1.807) is 0 Å². The second-order valence-corrected chi connectivity index (χ2v) is 8.91. The molecule has 1 aliphatic rings. The third kappa shape index (κ3) is 3.78. The Bertz CT molecular complexity index is 657. The average molecular weight is 358 g/mol. The van der Waals surface area contributed by atoms with E-state index >= 15 is 0 Å². The first-order chi connectivity index (χ1) is 11.6. The van der Waals surface area contributed by atoms with Crippen molar-refractivity contribution < 1.29 is 0 Å². The van der Waals surface area contributed by atoms with Gasteiger partial charge in [0.25, 0.3) is 0 Å². The Balaban J connectivity index is 1.75. The lowest BCUT2D eigenvalue weighted by Crippen LogP contribution is -2.21. The first-order valence-electron chi connectivity index (χ1n) is 8.79. The van der Waals surface area contributed by atoms with Gasteiger partial charge in [0.15, 0.2) is 0 Å². The fraction of sp³-hybridized carbons (Fsp3) is 0.429. The largest absolute Gasteiger partial charge is 0.372 e. The number of thioether (sulfide) groups is 2. The van der Waals surface area contributed by atoms with Gasteiger partial charge in [-0.3, -0.25) is 0 Å². The second-order valence-electron chi connectivity index (χ2n) is 6.42. The van der Waals surface area contributed by atoms with Crippen LogP contribution in [-0.2, 0) is 11.5 Å². The molecule has 0 unspecified atom stereocenters.